The number of amides is 1. The standard InChI is InChI=1S/C24H27N3O2/c1-16(18-12-11-17-7-3-4-8-19(17)15-18)25-23(28)14-13-22-26-21-10-6-5-9-20(21)24(29)27(22)2/h5-6,9-12,15-16H,3-4,7-8,13-14H2,1-2H3,(H,25,28)/t16-/m1/s1. The first-order valence-corrected chi connectivity index (χ1v) is 10.4. The second-order valence-corrected chi connectivity index (χ2v) is 7.93. The number of carbonyl (C=O) groups excluding carboxylic acids is 1. The van der Waals surface area contributed by atoms with E-state index in [0.717, 1.165) is 18.4 Å². The summed E-state index contributed by atoms with van der Waals surface area (Å²) < 4.78 is 1.54. The molecule has 0 fully saturated rings. The van der Waals surface area contributed by atoms with Gasteiger partial charge in [-0.3, -0.25) is 14.2 Å². The Labute approximate surface area is 170 Å². The lowest BCUT2D eigenvalue weighted by atomic mass is 9.89. The van der Waals surface area contributed by atoms with Crippen LogP contribution in [0, 0.1) is 0 Å². The zero-order valence-corrected chi connectivity index (χ0v) is 17.1. The average molecular weight is 389 g/mol. The minimum Gasteiger partial charge on any atom is -0.350 e. The lowest BCUT2D eigenvalue weighted by Crippen LogP contribution is -2.28. The van der Waals surface area contributed by atoms with Crippen LogP contribution in [-0.2, 0) is 31.1 Å². The molecule has 0 saturated heterocycles. The van der Waals surface area contributed by atoms with Crippen molar-refractivity contribution in [3.8, 4) is 0 Å². The van der Waals surface area contributed by atoms with E-state index < -0.39 is 0 Å². The number of aryl methyl sites for hydroxylation is 3. The van der Waals surface area contributed by atoms with Crippen molar-refractivity contribution in [2.45, 2.75) is 51.5 Å². The fraction of sp³-hybridized carbons (Fsp3) is 0.375. The molecule has 150 valence electrons. The molecule has 1 N–H and O–H groups in total. The third kappa shape index (κ3) is 4.09. The second-order valence-electron chi connectivity index (χ2n) is 7.93. The molecule has 1 aliphatic rings. The molecule has 1 aromatic heterocycles. The predicted molar refractivity (Wildman–Crippen MR) is 115 cm³/mol. The molecule has 0 saturated carbocycles. The Morgan fingerprint density at radius 2 is 1.90 bits per heavy atom. The average Bonchev–Trinajstić information content (AvgIpc) is 2.75. The van der Waals surface area contributed by atoms with Crippen LogP contribution in [0.25, 0.3) is 10.9 Å². The molecule has 1 aliphatic carbocycles. The Morgan fingerprint density at radius 1 is 1.14 bits per heavy atom. The number of hydrogen-bond donors (Lipinski definition) is 1. The molecule has 1 amide bonds. The van der Waals surface area contributed by atoms with Gasteiger partial charge in [-0.05, 0) is 61.4 Å². The van der Waals surface area contributed by atoms with Gasteiger partial charge in [0, 0.05) is 19.9 Å². The van der Waals surface area contributed by atoms with Gasteiger partial charge in [0.15, 0.2) is 0 Å². The Morgan fingerprint density at radius 3 is 2.72 bits per heavy atom. The Kier molecular flexibility index (Phi) is 5.47. The van der Waals surface area contributed by atoms with Crippen molar-refractivity contribution in [3.63, 3.8) is 0 Å². The van der Waals surface area contributed by atoms with E-state index in [1.165, 1.54) is 24.0 Å². The summed E-state index contributed by atoms with van der Waals surface area (Å²) in [5.74, 6) is 0.600. The summed E-state index contributed by atoms with van der Waals surface area (Å²) >= 11 is 0. The highest BCUT2D eigenvalue weighted by atomic mass is 16.1. The van der Waals surface area contributed by atoms with Gasteiger partial charge in [0.25, 0.3) is 5.56 Å². The first-order chi connectivity index (χ1) is 14.0. The third-order valence-electron chi connectivity index (χ3n) is 5.90. The topological polar surface area (TPSA) is 64.0 Å². The van der Waals surface area contributed by atoms with Crippen LogP contribution in [0.5, 0.6) is 0 Å². The van der Waals surface area contributed by atoms with Crippen molar-refractivity contribution >= 4 is 16.8 Å². The smallest absolute Gasteiger partial charge is 0.261 e. The highest BCUT2D eigenvalue weighted by molar-refractivity contribution is 5.78. The van der Waals surface area contributed by atoms with E-state index in [4.69, 9.17) is 0 Å². The molecule has 0 radical (unpaired) electrons. The Balaban J connectivity index is 1.42. The largest absolute Gasteiger partial charge is 0.350 e. The Hall–Kier alpha value is -2.95. The molecule has 0 unspecified atom stereocenters. The van der Waals surface area contributed by atoms with Gasteiger partial charge in [-0.1, -0.05) is 30.3 Å². The quantitative estimate of drug-likeness (QED) is 0.725. The van der Waals surface area contributed by atoms with E-state index in [0.29, 0.717) is 29.6 Å². The van der Waals surface area contributed by atoms with Crippen LogP contribution in [-0.4, -0.2) is 15.5 Å². The lowest BCUT2D eigenvalue weighted by Gasteiger charge is -2.20. The zero-order valence-electron chi connectivity index (χ0n) is 17.1. The summed E-state index contributed by atoms with van der Waals surface area (Å²) in [5, 5.41) is 3.69. The number of hydrogen-bond acceptors (Lipinski definition) is 3. The summed E-state index contributed by atoms with van der Waals surface area (Å²) in [5.41, 5.74) is 4.61. The number of benzene rings is 2. The van der Waals surface area contributed by atoms with E-state index in [1.54, 1.807) is 17.7 Å². The van der Waals surface area contributed by atoms with Crippen molar-refractivity contribution in [2.75, 3.05) is 0 Å². The molecule has 4 rings (SSSR count). The summed E-state index contributed by atoms with van der Waals surface area (Å²) in [6, 6.07) is 13.9. The fourth-order valence-electron chi connectivity index (χ4n) is 4.13. The second kappa shape index (κ2) is 8.19. The van der Waals surface area contributed by atoms with Crippen LogP contribution in [0.4, 0.5) is 0 Å². The van der Waals surface area contributed by atoms with Gasteiger partial charge in [0.2, 0.25) is 5.91 Å². The maximum atomic E-state index is 12.5. The van der Waals surface area contributed by atoms with E-state index in [1.807, 2.05) is 25.1 Å². The molecule has 29 heavy (non-hydrogen) atoms. The van der Waals surface area contributed by atoms with E-state index >= 15 is 0 Å². The number of aromatic nitrogens is 2. The first kappa shape index (κ1) is 19.4. The molecule has 0 spiro atoms. The molecule has 2 aromatic carbocycles. The highest BCUT2D eigenvalue weighted by Gasteiger charge is 2.15. The normalized spacial score (nSPS) is 14.4. The van der Waals surface area contributed by atoms with Gasteiger partial charge in [0.05, 0.1) is 16.9 Å². The van der Waals surface area contributed by atoms with Crippen molar-refractivity contribution in [3.05, 3.63) is 75.3 Å². The van der Waals surface area contributed by atoms with Crippen molar-refractivity contribution in [1.82, 2.24) is 14.9 Å². The molecular weight excluding hydrogens is 362 g/mol. The molecule has 0 bridgehead atoms. The third-order valence-corrected chi connectivity index (χ3v) is 5.90. The van der Waals surface area contributed by atoms with Crippen molar-refractivity contribution in [2.24, 2.45) is 7.05 Å². The van der Waals surface area contributed by atoms with Crippen molar-refractivity contribution < 1.29 is 4.79 Å². The maximum Gasteiger partial charge on any atom is 0.261 e. The lowest BCUT2D eigenvalue weighted by molar-refractivity contribution is -0.121. The van der Waals surface area contributed by atoms with Crippen molar-refractivity contribution in [1.29, 1.82) is 0 Å². The van der Waals surface area contributed by atoms with Crippen LogP contribution in [0.15, 0.2) is 47.3 Å². The molecule has 0 aliphatic heterocycles. The number of nitrogens with one attached hydrogen (secondary N) is 1. The summed E-state index contributed by atoms with van der Waals surface area (Å²) in [6.45, 7) is 2.02. The molecular formula is C24H27N3O2. The van der Waals surface area contributed by atoms with E-state index in [2.05, 4.69) is 28.5 Å². The number of fused-ring (bicyclic) bond motifs is 2. The van der Waals surface area contributed by atoms with Gasteiger partial charge in [-0.2, -0.15) is 0 Å². The van der Waals surface area contributed by atoms with Crippen LogP contribution in [0.1, 0.15) is 54.7 Å². The van der Waals surface area contributed by atoms with Gasteiger partial charge in [-0.25, -0.2) is 4.98 Å². The number of carbonyl (C=O) groups is 1. The highest BCUT2D eigenvalue weighted by Crippen LogP contribution is 2.24. The van der Waals surface area contributed by atoms with Gasteiger partial charge in [0.1, 0.15) is 5.82 Å². The first-order valence-electron chi connectivity index (χ1n) is 10.4. The van der Waals surface area contributed by atoms with Gasteiger partial charge >= 0.3 is 0 Å². The zero-order chi connectivity index (χ0) is 20.4. The minimum absolute atomic E-state index is 0.0300. The molecule has 1 atom stereocenters. The summed E-state index contributed by atoms with van der Waals surface area (Å²) in [7, 11) is 1.71. The van der Waals surface area contributed by atoms with Gasteiger partial charge < -0.3 is 5.32 Å². The fourth-order valence-corrected chi connectivity index (χ4v) is 4.13. The SMILES string of the molecule is C[C@@H](NC(=O)CCc1nc2ccccc2c(=O)n1C)c1ccc2c(c1)CCCC2. The number of nitrogens with zero attached hydrogens (tertiary/aromatic N) is 2. The molecule has 3 aromatic rings. The summed E-state index contributed by atoms with van der Waals surface area (Å²) in [4.78, 5) is 29.6. The van der Waals surface area contributed by atoms with Crippen LogP contribution in [0.2, 0.25) is 0 Å². The maximum absolute atomic E-state index is 12.5. The number of para-hydroxylation sites is 1. The Bertz CT molecular complexity index is 1120. The van der Waals surface area contributed by atoms with E-state index in [-0.39, 0.29) is 17.5 Å². The molecule has 1 heterocycles. The predicted octanol–water partition coefficient (Wildman–Crippen LogP) is 3.62. The summed E-state index contributed by atoms with van der Waals surface area (Å²) in [6.07, 6.45) is 5.53. The molecule has 5 nitrogen and oxygen atoms in total. The van der Waals surface area contributed by atoms with Crippen LogP contribution in [0.3, 0.4) is 0 Å². The molecule has 5 heteroatoms. The van der Waals surface area contributed by atoms with Crippen LogP contribution < -0.4 is 10.9 Å². The monoisotopic (exact) mass is 389 g/mol. The minimum atomic E-state index is -0.0755. The van der Waals surface area contributed by atoms with E-state index in [9.17, 15) is 9.59 Å². The van der Waals surface area contributed by atoms with Gasteiger partial charge in [-0.15, -0.1) is 0 Å². The van der Waals surface area contributed by atoms with Crippen LogP contribution >= 0.6 is 0 Å². The number of rotatable bonds is 5.